The zero-order valence-electron chi connectivity index (χ0n) is 13.8. The smallest absolute Gasteiger partial charge is 0.231 e. The highest BCUT2D eigenvalue weighted by atomic mass is 16.7. The molecule has 0 saturated carbocycles. The quantitative estimate of drug-likeness (QED) is 0.834. The van der Waals surface area contributed by atoms with Crippen LogP contribution in [-0.2, 0) is 16.0 Å². The molecule has 5 heteroatoms. The Bertz CT molecular complexity index is 556. The number of nitrogens with zero attached hydrogens (tertiary/aromatic N) is 1. The lowest BCUT2D eigenvalue weighted by atomic mass is 9.79. The van der Waals surface area contributed by atoms with Crippen molar-refractivity contribution in [2.45, 2.75) is 31.4 Å². The van der Waals surface area contributed by atoms with Crippen LogP contribution >= 0.6 is 0 Å². The van der Waals surface area contributed by atoms with Gasteiger partial charge < -0.3 is 18.9 Å². The number of rotatable bonds is 5. The minimum absolute atomic E-state index is 0.0903. The summed E-state index contributed by atoms with van der Waals surface area (Å²) in [7, 11) is 1.78. The largest absolute Gasteiger partial charge is 0.454 e. The highest BCUT2D eigenvalue weighted by molar-refractivity contribution is 5.44. The van der Waals surface area contributed by atoms with Crippen molar-refractivity contribution < 1.29 is 18.9 Å². The summed E-state index contributed by atoms with van der Waals surface area (Å²) < 4.78 is 22.2. The third kappa shape index (κ3) is 3.18. The average Bonchev–Trinajstić information content (AvgIpc) is 2.99. The minimum atomic E-state index is 0.0903. The molecule has 2 fully saturated rings. The SMILES string of the molecule is COCCC1CCOC2(C1)CN(Cc1ccc3c(c1)OCO3)C2. The monoisotopic (exact) mass is 319 g/mol. The van der Waals surface area contributed by atoms with Crippen LogP contribution in [0.2, 0.25) is 0 Å². The Morgan fingerprint density at radius 1 is 1.26 bits per heavy atom. The maximum Gasteiger partial charge on any atom is 0.231 e. The molecule has 1 aromatic rings. The molecule has 0 radical (unpaired) electrons. The first kappa shape index (κ1) is 15.2. The van der Waals surface area contributed by atoms with Gasteiger partial charge in [0.2, 0.25) is 6.79 Å². The molecule has 3 aliphatic rings. The summed E-state index contributed by atoms with van der Waals surface area (Å²) in [6.07, 6.45) is 3.51. The Morgan fingerprint density at radius 2 is 2.13 bits per heavy atom. The molecular weight excluding hydrogens is 294 g/mol. The van der Waals surface area contributed by atoms with Crippen molar-refractivity contribution in [2.24, 2.45) is 5.92 Å². The molecule has 0 N–H and O–H groups in total. The molecule has 0 bridgehead atoms. The van der Waals surface area contributed by atoms with Crippen LogP contribution in [0.25, 0.3) is 0 Å². The zero-order chi connectivity index (χ0) is 15.7. The van der Waals surface area contributed by atoms with E-state index in [0.29, 0.717) is 6.79 Å². The van der Waals surface area contributed by atoms with Gasteiger partial charge in [0.05, 0.1) is 5.60 Å². The molecule has 1 atom stereocenters. The van der Waals surface area contributed by atoms with E-state index in [0.717, 1.165) is 56.7 Å². The first-order valence-corrected chi connectivity index (χ1v) is 8.50. The predicted octanol–water partition coefficient (Wildman–Crippen LogP) is 2.43. The van der Waals surface area contributed by atoms with Gasteiger partial charge in [-0.15, -0.1) is 0 Å². The van der Waals surface area contributed by atoms with Gasteiger partial charge in [0, 0.05) is 40.0 Å². The summed E-state index contributed by atoms with van der Waals surface area (Å²) >= 11 is 0. The van der Waals surface area contributed by atoms with E-state index in [9.17, 15) is 0 Å². The Balaban J connectivity index is 1.30. The topological polar surface area (TPSA) is 40.2 Å². The number of benzene rings is 1. The first-order valence-electron chi connectivity index (χ1n) is 8.50. The minimum Gasteiger partial charge on any atom is -0.454 e. The summed E-state index contributed by atoms with van der Waals surface area (Å²) in [5, 5.41) is 0. The van der Waals surface area contributed by atoms with E-state index in [1.165, 1.54) is 18.4 Å². The van der Waals surface area contributed by atoms with Gasteiger partial charge in [0.15, 0.2) is 11.5 Å². The summed E-state index contributed by atoms with van der Waals surface area (Å²) in [5.74, 6) is 2.47. The number of fused-ring (bicyclic) bond motifs is 1. The molecule has 0 aromatic heterocycles. The van der Waals surface area contributed by atoms with Crippen LogP contribution in [0.3, 0.4) is 0 Å². The van der Waals surface area contributed by atoms with E-state index < -0.39 is 0 Å². The molecule has 23 heavy (non-hydrogen) atoms. The van der Waals surface area contributed by atoms with E-state index >= 15 is 0 Å². The van der Waals surface area contributed by atoms with E-state index in [4.69, 9.17) is 18.9 Å². The van der Waals surface area contributed by atoms with Gasteiger partial charge in [0.25, 0.3) is 0 Å². The fraction of sp³-hybridized carbons (Fsp3) is 0.667. The van der Waals surface area contributed by atoms with E-state index in [1.54, 1.807) is 7.11 Å². The molecule has 0 aliphatic carbocycles. The summed E-state index contributed by atoms with van der Waals surface area (Å²) in [5.41, 5.74) is 1.36. The van der Waals surface area contributed by atoms with Crippen LogP contribution in [0.4, 0.5) is 0 Å². The second-order valence-electron chi connectivity index (χ2n) is 7.00. The third-order valence-corrected chi connectivity index (χ3v) is 5.19. The Labute approximate surface area is 137 Å². The van der Waals surface area contributed by atoms with Crippen LogP contribution in [0.15, 0.2) is 18.2 Å². The molecule has 1 unspecified atom stereocenters. The Morgan fingerprint density at radius 3 is 3.00 bits per heavy atom. The molecule has 3 aliphatic heterocycles. The predicted molar refractivity (Wildman–Crippen MR) is 85.7 cm³/mol. The first-order chi connectivity index (χ1) is 11.3. The second kappa shape index (κ2) is 6.30. The highest BCUT2D eigenvalue weighted by Gasteiger charge is 2.47. The van der Waals surface area contributed by atoms with E-state index in [1.807, 2.05) is 6.07 Å². The van der Waals surface area contributed by atoms with Gasteiger partial charge in [0.1, 0.15) is 0 Å². The van der Waals surface area contributed by atoms with Crippen molar-refractivity contribution in [3.05, 3.63) is 23.8 Å². The van der Waals surface area contributed by atoms with Gasteiger partial charge in [-0.05, 0) is 42.9 Å². The Hall–Kier alpha value is -1.30. The van der Waals surface area contributed by atoms with Crippen molar-refractivity contribution in [1.82, 2.24) is 4.90 Å². The average molecular weight is 319 g/mol. The summed E-state index contributed by atoms with van der Waals surface area (Å²) in [6.45, 7) is 5.11. The van der Waals surface area contributed by atoms with Crippen LogP contribution < -0.4 is 9.47 Å². The van der Waals surface area contributed by atoms with E-state index in [-0.39, 0.29) is 5.60 Å². The van der Waals surface area contributed by atoms with Crippen molar-refractivity contribution in [1.29, 1.82) is 0 Å². The number of hydrogen-bond donors (Lipinski definition) is 0. The lowest BCUT2D eigenvalue weighted by Crippen LogP contribution is -2.64. The highest BCUT2D eigenvalue weighted by Crippen LogP contribution is 2.39. The van der Waals surface area contributed by atoms with Crippen molar-refractivity contribution in [3.8, 4) is 11.5 Å². The molecule has 2 saturated heterocycles. The van der Waals surface area contributed by atoms with Crippen molar-refractivity contribution >= 4 is 0 Å². The molecule has 126 valence electrons. The molecular formula is C18H25NO4. The fourth-order valence-electron chi connectivity index (χ4n) is 4.06. The summed E-state index contributed by atoms with van der Waals surface area (Å²) in [4.78, 5) is 2.45. The zero-order valence-corrected chi connectivity index (χ0v) is 13.8. The van der Waals surface area contributed by atoms with Gasteiger partial charge in [-0.2, -0.15) is 0 Å². The standard InChI is InChI=1S/C18H25NO4/c1-20-6-4-14-5-7-23-18(9-14)11-19(12-18)10-15-2-3-16-17(8-15)22-13-21-16/h2-3,8,14H,4-7,9-13H2,1H3. The van der Waals surface area contributed by atoms with Crippen LogP contribution in [0.5, 0.6) is 11.5 Å². The second-order valence-corrected chi connectivity index (χ2v) is 7.00. The summed E-state index contributed by atoms with van der Waals surface area (Å²) in [6, 6.07) is 6.23. The van der Waals surface area contributed by atoms with Crippen molar-refractivity contribution in [3.63, 3.8) is 0 Å². The maximum absolute atomic E-state index is 6.13. The number of likely N-dealkylation sites (tertiary alicyclic amines) is 1. The lowest BCUT2D eigenvalue weighted by Gasteiger charge is -2.53. The lowest BCUT2D eigenvalue weighted by molar-refractivity contribution is -0.182. The van der Waals surface area contributed by atoms with Crippen LogP contribution in [0.1, 0.15) is 24.8 Å². The number of ether oxygens (including phenoxy) is 4. The molecule has 1 spiro atoms. The normalized spacial score (nSPS) is 25.5. The van der Waals surface area contributed by atoms with Crippen LogP contribution in [-0.4, -0.2) is 50.7 Å². The molecule has 0 amide bonds. The van der Waals surface area contributed by atoms with Gasteiger partial charge in [-0.25, -0.2) is 0 Å². The maximum atomic E-state index is 6.13. The molecule has 3 heterocycles. The number of methoxy groups -OCH3 is 1. The number of hydrogen-bond acceptors (Lipinski definition) is 5. The molecule has 4 rings (SSSR count). The van der Waals surface area contributed by atoms with Gasteiger partial charge >= 0.3 is 0 Å². The van der Waals surface area contributed by atoms with Gasteiger partial charge in [-0.3, -0.25) is 4.90 Å². The van der Waals surface area contributed by atoms with Crippen molar-refractivity contribution in [2.75, 3.05) is 40.2 Å². The van der Waals surface area contributed by atoms with Crippen LogP contribution in [0, 0.1) is 5.92 Å². The molecule has 1 aromatic carbocycles. The van der Waals surface area contributed by atoms with E-state index in [2.05, 4.69) is 17.0 Å². The van der Waals surface area contributed by atoms with Gasteiger partial charge in [-0.1, -0.05) is 6.07 Å². The third-order valence-electron chi connectivity index (χ3n) is 5.19. The molecule has 5 nitrogen and oxygen atoms in total. The fourth-order valence-corrected chi connectivity index (χ4v) is 4.06. The Kier molecular flexibility index (Phi) is 4.18.